The molecule has 4 rings (SSSR count). The zero-order chi connectivity index (χ0) is 21.1. The zero-order valence-electron chi connectivity index (χ0n) is 16.7. The van der Waals surface area contributed by atoms with Crippen molar-refractivity contribution in [3.8, 4) is 11.4 Å². The molecule has 30 heavy (non-hydrogen) atoms. The second-order valence-corrected chi connectivity index (χ2v) is 8.04. The van der Waals surface area contributed by atoms with Crippen molar-refractivity contribution in [2.75, 3.05) is 5.32 Å². The molecule has 0 bridgehead atoms. The van der Waals surface area contributed by atoms with Crippen LogP contribution in [0.25, 0.3) is 22.4 Å². The fraction of sp³-hybridized carbons (Fsp3) is 0.429. The fourth-order valence-electron chi connectivity index (χ4n) is 3.92. The summed E-state index contributed by atoms with van der Waals surface area (Å²) in [6.07, 6.45) is 9.49. The lowest BCUT2D eigenvalue weighted by Crippen LogP contribution is -2.48. The van der Waals surface area contributed by atoms with E-state index in [4.69, 9.17) is 11.6 Å². The number of hydrogen-bond donors (Lipinski definition) is 3. The van der Waals surface area contributed by atoms with Crippen molar-refractivity contribution in [3.05, 3.63) is 35.5 Å². The Bertz CT molecular complexity index is 1060. The van der Waals surface area contributed by atoms with E-state index in [2.05, 4.69) is 30.6 Å². The lowest BCUT2D eigenvalue weighted by molar-refractivity contribution is -0.122. The van der Waals surface area contributed by atoms with Crippen molar-refractivity contribution in [2.45, 2.75) is 57.5 Å². The van der Waals surface area contributed by atoms with Gasteiger partial charge in [0, 0.05) is 41.8 Å². The van der Waals surface area contributed by atoms with Crippen LogP contribution in [-0.2, 0) is 4.79 Å². The second-order valence-electron chi connectivity index (χ2n) is 7.60. The summed E-state index contributed by atoms with van der Waals surface area (Å²) < 4.78 is 14.5. The Morgan fingerprint density at radius 2 is 2.07 bits per heavy atom. The number of aromatic amines is 1. The Labute approximate surface area is 178 Å². The SMILES string of the molecule is CCCC(=O)N[C@@H]1CCCC[C@@H]1Nc1nc(-c2c[nH]c3ncc(Cl)cc23)ncc1F. The highest BCUT2D eigenvalue weighted by Gasteiger charge is 2.27. The molecule has 7 nitrogen and oxygen atoms in total. The minimum atomic E-state index is -0.529. The number of anilines is 1. The molecule has 1 saturated carbocycles. The molecule has 1 amide bonds. The molecule has 3 heterocycles. The summed E-state index contributed by atoms with van der Waals surface area (Å²) in [5.41, 5.74) is 1.35. The molecule has 1 aliphatic rings. The molecule has 1 aliphatic carbocycles. The summed E-state index contributed by atoms with van der Waals surface area (Å²) in [7, 11) is 0. The first-order valence-corrected chi connectivity index (χ1v) is 10.6. The first-order valence-electron chi connectivity index (χ1n) is 10.3. The average molecular weight is 431 g/mol. The van der Waals surface area contributed by atoms with Gasteiger partial charge < -0.3 is 15.6 Å². The van der Waals surface area contributed by atoms with E-state index in [1.807, 2.05) is 6.92 Å². The van der Waals surface area contributed by atoms with E-state index >= 15 is 0 Å². The van der Waals surface area contributed by atoms with Crippen LogP contribution < -0.4 is 10.6 Å². The van der Waals surface area contributed by atoms with Gasteiger partial charge in [-0.2, -0.15) is 0 Å². The smallest absolute Gasteiger partial charge is 0.220 e. The van der Waals surface area contributed by atoms with Crippen molar-refractivity contribution in [1.82, 2.24) is 25.3 Å². The summed E-state index contributed by atoms with van der Waals surface area (Å²) in [6, 6.07) is 1.64. The Hall–Kier alpha value is -2.74. The van der Waals surface area contributed by atoms with Crippen LogP contribution in [0.3, 0.4) is 0 Å². The summed E-state index contributed by atoms with van der Waals surface area (Å²) >= 11 is 6.08. The molecule has 0 unspecified atom stereocenters. The third-order valence-corrected chi connectivity index (χ3v) is 5.60. The number of carbonyl (C=O) groups is 1. The van der Waals surface area contributed by atoms with Gasteiger partial charge in [-0.3, -0.25) is 4.79 Å². The third-order valence-electron chi connectivity index (χ3n) is 5.39. The van der Waals surface area contributed by atoms with Crippen LogP contribution in [0.2, 0.25) is 5.02 Å². The van der Waals surface area contributed by atoms with Gasteiger partial charge in [-0.05, 0) is 25.3 Å². The highest BCUT2D eigenvalue weighted by atomic mass is 35.5. The molecular formula is C21H24ClFN6O. The van der Waals surface area contributed by atoms with Crippen molar-refractivity contribution in [2.24, 2.45) is 0 Å². The van der Waals surface area contributed by atoms with Crippen LogP contribution in [0.15, 0.2) is 24.7 Å². The highest BCUT2D eigenvalue weighted by Crippen LogP contribution is 2.29. The van der Waals surface area contributed by atoms with E-state index in [9.17, 15) is 9.18 Å². The lowest BCUT2D eigenvalue weighted by atomic mass is 9.90. The number of fused-ring (bicyclic) bond motifs is 1. The van der Waals surface area contributed by atoms with Gasteiger partial charge in [0.25, 0.3) is 0 Å². The zero-order valence-corrected chi connectivity index (χ0v) is 17.5. The summed E-state index contributed by atoms with van der Waals surface area (Å²) in [6.45, 7) is 1.97. The molecule has 0 aromatic carbocycles. The van der Waals surface area contributed by atoms with Gasteiger partial charge in [-0.15, -0.1) is 0 Å². The van der Waals surface area contributed by atoms with Crippen molar-refractivity contribution < 1.29 is 9.18 Å². The number of rotatable bonds is 6. The predicted molar refractivity (Wildman–Crippen MR) is 115 cm³/mol. The molecule has 1 fully saturated rings. The first-order chi connectivity index (χ1) is 14.5. The number of H-pyrrole nitrogens is 1. The van der Waals surface area contributed by atoms with Gasteiger partial charge in [0.1, 0.15) is 5.65 Å². The molecule has 3 aromatic heterocycles. The van der Waals surface area contributed by atoms with Gasteiger partial charge >= 0.3 is 0 Å². The average Bonchev–Trinajstić information content (AvgIpc) is 3.14. The molecule has 2 atom stereocenters. The van der Waals surface area contributed by atoms with Gasteiger partial charge in [-0.1, -0.05) is 31.4 Å². The van der Waals surface area contributed by atoms with Crippen LogP contribution in [0.5, 0.6) is 0 Å². The topological polar surface area (TPSA) is 95.6 Å². The standard InChI is InChI=1S/C21H24ClFN6O/c1-2-5-18(30)27-16-6-3-4-7-17(16)28-21-15(23)11-26-20(29-21)14-10-25-19-13(14)8-12(22)9-24-19/h8-11,16-17H,2-7H2,1H3,(H,24,25)(H,27,30)(H,26,28,29)/t16-,17+/m1/s1. The van der Waals surface area contributed by atoms with Gasteiger partial charge in [0.05, 0.1) is 11.2 Å². The van der Waals surface area contributed by atoms with Crippen molar-refractivity contribution in [1.29, 1.82) is 0 Å². The van der Waals surface area contributed by atoms with Crippen LogP contribution in [0, 0.1) is 5.82 Å². The van der Waals surface area contributed by atoms with Crippen LogP contribution >= 0.6 is 11.6 Å². The first kappa shape index (κ1) is 20.5. The number of pyridine rings is 1. The van der Waals surface area contributed by atoms with E-state index in [0.29, 0.717) is 28.5 Å². The number of nitrogens with one attached hydrogen (secondary N) is 3. The lowest BCUT2D eigenvalue weighted by Gasteiger charge is -2.33. The minimum Gasteiger partial charge on any atom is -0.363 e. The molecule has 0 aliphatic heterocycles. The summed E-state index contributed by atoms with van der Waals surface area (Å²) in [5, 5.41) is 7.57. The van der Waals surface area contributed by atoms with E-state index in [1.54, 1.807) is 18.5 Å². The number of halogens is 2. The summed E-state index contributed by atoms with van der Waals surface area (Å²) in [4.78, 5) is 28.0. The van der Waals surface area contributed by atoms with Crippen molar-refractivity contribution in [3.63, 3.8) is 0 Å². The molecular weight excluding hydrogens is 407 g/mol. The minimum absolute atomic E-state index is 0.0308. The quantitative estimate of drug-likeness (QED) is 0.537. The maximum atomic E-state index is 14.5. The van der Waals surface area contributed by atoms with Gasteiger partial charge in [0.2, 0.25) is 5.91 Å². The van der Waals surface area contributed by atoms with Crippen LogP contribution in [-0.4, -0.2) is 37.9 Å². The van der Waals surface area contributed by atoms with E-state index in [-0.39, 0.29) is 23.8 Å². The molecule has 0 saturated heterocycles. The Balaban J connectivity index is 1.59. The van der Waals surface area contributed by atoms with Gasteiger partial charge in [-0.25, -0.2) is 19.3 Å². The Morgan fingerprint density at radius 1 is 1.27 bits per heavy atom. The van der Waals surface area contributed by atoms with Crippen molar-refractivity contribution >= 4 is 34.4 Å². The van der Waals surface area contributed by atoms with E-state index in [1.165, 1.54) is 0 Å². The normalized spacial score (nSPS) is 19.0. The van der Waals surface area contributed by atoms with Crippen LogP contribution in [0.4, 0.5) is 10.2 Å². The Kier molecular flexibility index (Phi) is 6.13. The number of hydrogen-bond acceptors (Lipinski definition) is 5. The van der Waals surface area contributed by atoms with Gasteiger partial charge in [0.15, 0.2) is 17.5 Å². The monoisotopic (exact) mass is 430 g/mol. The number of aromatic nitrogens is 4. The number of nitrogens with zero attached hydrogens (tertiary/aromatic N) is 3. The maximum Gasteiger partial charge on any atom is 0.220 e. The van der Waals surface area contributed by atoms with E-state index in [0.717, 1.165) is 43.7 Å². The fourth-order valence-corrected chi connectivity index (χ4v) is 4.08. The predicted octanol–water partition coefficient (Wildman–Crippen LogP) is 4.45. The number of carbonyl (C=O) groups excluding carboxylic acids is 1. The molecule has 0 radical (unpaired) electrons. The molecule has 158 valence electrons. The molecule has 3 aromatic rings. The second kappa shape index (κ2) is 8.95. The van der Waals surface area contributed by atoms with Crippen LogP contribution in [0.1, 0.15) is 45.4 Å². The van der Waals surface area contributed by atoms with E-state index < -0.39 is 5.82 Å². The number of amides is 1. The highest BCUT2D eigenvalue weighted by molar-refractivity contribution is 6.31. The Morgan fingerprint density at radius 3 is 2.87 bits per heavy atom. The molecule has 0 spiro atoms. The molecule has 9 heteroatoms. The summed E-state index contributed by atoms with van der Waals surface area (Å²) in [5.74, 6) is 0.00440. The third kappa shape index (κ3) is 4.38. The largest absolute Gasteiger partial charge is 0.363 e. The maximum absolute atomic E-state index is 14.5. The molecule has 3 N–H and O–H groups in total.